The van der Waals surface area contributed by atoms with E-state index in [9.17, 15) is 14.3 Å². The first-order valence-electron chi connectivity index (χ1n) is 4.66. The van der Waals surface area contributed by atoms with Gasteiger partial charge in [0.2, 0.25) is 0 Å². The Kier molecular flexibility index (Phi) is 5.53. The molecule has 0 aliphatic heterocycles. The maximum absolute atomic E-state index is 12.9. The van der Waals surface area contributed by atoms with E-state index in [4.69, 9.17) is 0 Å². The normalized spacial score (nSPS) is 8.86. The Bertz CT molecular complexity index is 308. The second kappa shape index (κ2) is 6.13. The molecule has 1 rings (SSSR count). The van der Waals surface area contributed by atoms with Crippen LogP contribution in [-0.4, -0.2) is 11.4 Å². The molecule has 0 aromatic heterocycles. The van der Waals surface area contributed by atoms with Crippen molar-refractivity contribution in [1.82, 2.24) is 0 Å². The minimum Gasteiger partial charge on any atom is -0.507 e. The molecule has 0 heterocycles. The summed E-state index contributed by atoms with van der Waals surface area (Å²) in [6.07, 6.45) is 0.882. The number of carbonyl (C=O) groups is 1. The summed E-state index contributed by atoms with van der Waals surface area (Å²) in [5.74, 6) is -0.715. The smallest absolute Gasteiger partial charge is 0.153 e. The second-order valence-electron chi connectivity index (χ2n) is 2.44. The molecule has 0 spiro atoms. The van der Waals surface area contributed by atoms with Crippen LogP contribution in [-0.2, 0) is 6.42 Å². The molecule has 1 N–H and O–H groups in total. The predicted octanol–water partition coefficient (Wildman–Crippen LogP) is 2.93. The fourth-order valence-corrected chi connectivity index (χ4v) is 1.06. The molecule has 1 aromatic carbocycles. The average molecular weight is 198 g/mol. The van der Waals surface area contributed by atoms with Crippen LogP contribution in [0, 0.1) is 5.82 Å². The predicted molar refractivity (Wildman–Crippen MR) is 54.2 cm³/mol. The number of carbonyl (C=O) groups excluding carboxylic acids is 1. The highest BCUT2D eigenvalue weighted by molar-refractivity contribution is 5.79. The van der Waals surface area contributed by atoms with Gasteiger partial charge in [-0.15, -0.1) is 0 Å². The molecule has 0 amide bonds. The van der Waals surface area contributed by atoms with Gasteiger partial charge in [-0.25, -0.2) is 4.39 Å². The van der Waals surface area contributed by atoms with E-state index in [2.05, 4.69) is 0 Å². The summed E-state index contributed by atoms with van der Waals surface area (Å²) in [4.78, 5) is 10.3. The number of phenolic OH excluding ortho intramolecular Hbond substituents is 1. The summed E-state index contributed by atoms with van der Waals surface area (Å²) in [6.45, 7) is 5.71. The molecule has 0 unspecified atom stereocenters. The van der Waals surface area contributed by atoms with Crippen molar-refractivity contribution in [2.75, 3.05) is 0 Å². The van der Waals surface area contributed by atoms with E-state index in [0.29, 0.717) is 12.7 Å². The van der Waals surface area contributed by atoms with Crippen LogP contribution in [0.5, 0.6) is 5.75 Å². The lowest BCUT2D eigenvalue weighted by molar-refractivity contribution is 0.112. The van der Waals surface area contributed by atoms with Gasteiger partial charge in [0.15, 0.2) is 6.29 Å². The third kappa shape index (κ3) is 2.55. The summed E-state index contributed by atoms with van der Waals surface area (Å²) >= 11 is 0. The van der Waals surface area contributed by atoms with Gasteiger partial charge in [0.25, 0.3) is 0 Å². The number of phenols is 1. The minimum absolute atomic E-state index is 0.133. The van der Waals surface area contributed by atoms with Gasteiger partial charge in [-0.3, -0.25) is 4.79 Å². The Morgan fingerprint density at radius 2 is 2.00 bits per heavy atom. The van der Waals surface area contributed by atoms with Gasteiger partial charge in [-0.2, -0.15) is 0 Å². The second-order valence-corrected chi connectivity index (χ2v) is 2.44. The lowest BCUT2D eigenvalue weighted by Gasteiger charge is -2.04. The topological polar surface area (TPSA) is 37.3 Å². The first kappa shape index (κ1) is 12.6. The third-order valence-corrected chi connectivity index (χ3v) is 1.74. The van der Waals surface area contributed by atoms with Gasteiger partial charge in [-0.1, -0.05) is 20.8 Å². The van der Waals surface area contributed by atoms with Gasteiger partial charge in [0, 0.05) is 5.56 Å². The Hall–Kier alpha value is -1.38. The van der Waals surface area contributed by atoms with Gasteiger partial charge in [0.05, 0.1) is 5.56 Å². The monoisotopic (exact) mass is 198 g/mol. The molecule has 3 heteroatoms. The lowest BCUT2D eigenvalue weighted by Crippen LogP contribution is -1.92. The molecule has 2 nitrogen and oxygen atoms in total. The van der Waals surface area contributed by atoms with Crippen molar-refractivity contribution in [2.45, 2.75) is 27.2 Å². The van der Waals surface area contributed by atoms with Crippen molar-refractivity contribution >= 4 is 6.29 Å². The van der Waals surface area contributed by atoms with Crippen molar-refractivity contribution in [3.8, 4) is 5.75 Å². The Balaban J connectivity index is 0.000000791. The van der Waals surface area contributed by atoms with E-state index >= 15 is 0 Å². The first-order valence-corrected chi connectivity index (χ1v) is 4.66. The van der Waals surface area contributed by atoms with Crippen LogP contribution < -0.4 is 0 Å². The van der Waals surface area contributed by atoms with Crippen molar-refractivity contribution in [1.29, 1.82) is 0 Å². The molecule has 0 fully saturated rings. The van der Waals surface area contributed by atoms with Crippen LogP contribution in [0.4, 0.5) is 4.39 Å². The average Bonchev–Trinajstić information content (AvgIpc) is 2.22. The molecule has 0 atom stereocenters. The van der Waals surface area contributed by atoms with Gasteiger partial charge >= 0.3 is 0 Å². The maximum Gasteiger partial charge on any atom is 0.153 e. The summed E-state index contributed by atoms with van der Waals surface area (Å²) in [5.41, 5.74) is 0.327. The number of halogens is 1. The van der Waals surface area contributed by atoms with E-state index in [-0.39, 0.29) is 16.9 Å². The number of aromatic hydroxyl groups is 1. The summed E-state index contributed by atoms with van der Waals surface area (Å²) in [6, 6.07) is 2.44. The van der Waals surface area contributed by atoms with Crippen LogP contribution in [0.2, 0.25) is 0 Å². The zero-order valence-electron chi connectivity index (χ0n) is 8.67. The highest BCUT2D eigenvalue weighted by atomic mass is 19.1. The summed E-state index contributed by atoms with van der Waals surface area (Å²) in [5, 5.41) is 9.30. The van der Waals surface area contributed by atoms with Crippen LogP contribution >= 0.6 is 0 Å². The lowest BCUT2D eigenvalue weighted by atomic mass is 10.1. The number of rotatable bonds is 2. The highest BCUT2D eigenvalue weighted by Gasteiger charge is 2.09. The van der Waals surface area contributed by atoms with Crippen LogP contribution in [0.1, 0.15) is 36.7 Å². The molecular formula is C11H15FO2. The summed E-state index contributed by atoms with van der Waals surface area (Å²) in [7, 11) is 0. The van der Waals surface area contributed by atoms with Crippen molar-refractivity contribution in [3.05, 3.63) is 29.1 Å². The quantitative estimate of drug-likeness (QED) is 0.742. The van der Waals surface area contributed by atoms with E-state index in [1.807, 2.05) is 13.8 Å². The highest BCUT2D eigenvalue weighted by Crippen LogP contribution is 2.24. The molecule has 14 heavy (non-hydrogen) atoms. The Morgan fingerprint density at radius 1 is 1.43 bits per heavy atom. The SMILES string of the molecule is CC.CCc1c(F)ccc(C=O)c1O. The van der Waals surface area contributed by atoms with E-state index < -0.39 is 5.82 Å². The molecule has 0 saturated carbocycles. The minimum atomic E-state index is -0.472. The van der Waals surface area contributed by atoms with E-state index in [0.717, 1.165) is 0 Å². The molecule has 0 aliphatic carbocycles. The summed E-state index contributed by atoms with van der Waals surface area (Å²) < 4.78 is 12.9. The molecule has 1 aromatic rings. The number of aldehydes is 1. The molecule has 0 aliphatic rings. The van der Waals surface area contributed by atoms with Crippen molar-refractivity contribution in [3.63, 3.8) is 0 Å². The van der Waals surface area contributed by atoms with E-state index in [1.54, 1.807) is 6.92 Å². The third-order valence-electron chi connectivity index (χ3n) is 1.74. The number of hydrogen-bond acceptors (Lipinski definition) is 2. The van der Waals surface area contributed by atoms with Gasteiger partial charge in [0.1, 0.15) is 11.6 Å². The van der Waals surface area contributed by atoms with Crippen LogP contribution in [0.15, 0.2) is 12.1 Å². The Labute approximate surface area is 83.4 Å². The molecule has 0 bridgehead atoms. The Morgan fingerprint density at radius 3 is 2.43 bits per heavy atom. The zero-order valence-corrected chi connectivity index (χ0v) is 8.67. The van der Waals surface area contributed by atoms with Gasteiger partial charge in [-0.05, 0) is 18.6 Å². The largest absolute Gasteiger partial charge is 0.507 e. The maximum atomic E-state index is 12.9. The molecule has 0 radical (unpaired) electrons. The van der Waals surface area contributed by atoms with Gasteiger partial charge < -0.3 is 5.11 Å². The molecule has 78 valence electrons. The van der Waals surface area contributed by atoms with E-state index in [1.165, 1.54) is 12.1 Å². The van der Waals surface area contributed by atoms with Crippen LogP contribution in [0.3, 0.4) is 0 Å². The standard InChI is InChI=1S/C9H9FO2.C2H6/c1-2-7-8(10)4-3-6(5-11)9(7)12;1-2/h3-5,12H,2H2,1H3;1-2H3. The van der Waals surface area contributed by atoms with Crippen LogP contribution in [0.25, 0.3) is 0 Å². The number of benzene rings is 1. The molecular weight excluding hydrogens is 183 g/mol. The fourth-order valence-electron chi connectivity index (χ4n) is 1.06. The molecule has 0 saturated heterocycles. The van der Waals surface area contributed by atoms with Crippen molar-refractivity contribution in [2.24, 2.45) is 0 Å². The fraction of sp³-hybridized carbons (Fsp3) is 0.364. The number of hydrogen-bond donors (Lipinski definition) is 1. The van der Waals surface area contributed by atoms with Crippen molar-refractivity contribution < 1.29 is 14.3 Å². The first-order chi connectivity index (χ1) is 6.70. The zero-order chi connectivity index (χ0) is 11.1.